The molecule has 2 aromatic heterocycles. The van der Waals surface area contributed by atoms with E-state index in [-0.39, 0.29) is 5.84 Å². The predicted octanol–water partition coefficient (Wildman–Crippen LogP) is 2.67. The van der Waals surface area contributed by atoms with Crippen molar-refractivity contribution in [2.75, 3.05) is 0 Å². The average molecular weight is 309 g/mol. The van der Waals surface area contributed by atoms with Gasteiger partial charge in [-0.3, -0.25) is 5.41 Å². The van der Waals surface area contributed by atoms with E-state index in [0.717, 1.165) is 9.50 Å². The summed E-state index contributed by atoms with van der Waals surface area (Å²) in [6.45, 7) is 0. The maximum absolute atomic E-state index is 7.49. The van der Waals surface area contributed by atoms with Crippen molar-refractivity contribution in [3.63, 3.8) is 0 Å². The molecule has 4 nitrogen and oxygen atoms in total. The Morgan fingerprint density at radius 1 is 1.18 bits per heavy atom. The van der Waals surface area contributed by atoms with E-state index < -0.39 is 0 Å². The van der Waals surface area contributed by atoms with E-state index in [0.29, 0.717) is 10.6 Å². The zero-order valence-corrected chi connectivity index (χ0v) is 11.1. The van der Waals surface area contributed by atoms with Crippen molar-refractivity contribution in [3.05, 3.63) is 46.7 Å². The Labute approximate surface area is 111 Å². The van der Waals surface area contributed by atoms with Crippen molar-refractivity contribution in [3.8, 4) is 0 Å². The molecule has 0 saturated carbocycles. The second-order valence-corrected chi connectivity index (χ2v) is 4.99. The standard InChI is InChI=1S/C11H9BrN4S/c12-8-4-2-6-16-11(8)17-10-7(9(13)14)3-1-5-15-10/h1-6H,(H3,13,14). The van der Waals surface area contributed by atoms with Gasteiger partial charge in [0, 0.05) is 18.0 Å². The number of aromatic nitrogens is 2. The molecule has 0 amide bonds. The van der Waals surface area contributed by atoms with Gasteiger partial charge in [-0.2, -0.15) is 0 Å². The summed E-state index contributed by atoms with van der Waals surface area (Å²) in [5.41, 5.74) is 6.12. The van der Waals surface area contributed by atoms with Gasteiger partial charge in [-0.1, -0.05) is 0 Å². The molecule has 0 fully saturated rings. The Kier molecular flexibility index (Phi) is 3.75. The summed E-state index contributed by atoms with van der Waals surface area (Å²) in [7, 11) is 0. The van der Waals surface area contributed by atoms with Gasteiger partial charge in [-0.25, -0.2) is 9.97 Å². The molecule has 6 heteroatoms. The summed E-state index contributed by atoms with van der Waals surface area (Å²) in [6, 6.07) is 7.28. The lowest BCUT2D eigenvalue weighted by Gasteiger charge is -2.06. The first-order valence-corrected chi connectivity index (χ1v) is 6.37. The van der Waals surface area contributed by atoms with Crippen LogP contribution in [-0.2, 0) is 0 Å². The van der Waals surface area contributed by atoms with E-state index in [4.69, 9.17) is 11.1 Å². The van der Waals surface area contributed by atoms with Crippen molar-refractivity contribution in [1.29, 1.82) is 5.41 Å². The topological polar surface area (TPSA) is 75.7 Å². The fraction of sp³-hybridized carbons (Fsp3) is 0. The SMILES string of the molecule is N=C(N)c1cccnc1Sc1ncccc1Br. The molecule has 0 aromatic carbocycles. The van der Waals surface area contributed by atoms with Crippen molar-refractivity contribution in [1.82, 2.24) is 9.97 Å². The number of nitrogens with two attached hydrogens (primary N) is 1. The van der Waals surface area contributed by atoms with E-state index in [2.05, 4.69) is 25.9 Å². The molecule has 0 unspecified atom stereocenters. The zero-order chi connectivity index (χ0) is 12.3. The Bertz CT molecular complexity index is 559. The van der Waals surface area contributed by atoms with E-state index in [1.807, 2.05) is 12.1 Å². The van der Waals surface area contributed by atoms with Crippen LogP contribution in [0, 0.1) is 5.41 Å². The Balaban J connectivity index is 2.37. The average Bonchev–Trinajstić information content (AvgIpc) is 2.32. The van der Waals surface area contributed by atoms with Crippen LogP contribution in [0.3, 0.4) is 0 Å². The monoisotopic (exact) mass is 308 g/mol. The van der Waals surface area contributed by atoms with Gasteiger partial charge in [0.15, 0.2) is 0 Å². The molecule has 0 aliphatic carbocycles. The lowest BCUT2D eigenvalue weighted by Crippen LogP contribution is -2.12. The van der Waals surface area contributed by atoms with Crippen LogP contribution in [0.2, 0.25) is 0 Å². The first-order chi connectivity index (χ1) is 8.18. The van der Waals surface area contributed by atoms with Crippen LogP contribution in [0.4, 0.5) is 0 Å². The van der Waals surface area contributed by atoms with E-state index >= 15 is 0 Å². The van der Waals surface area contributed by atoms with Crippen LogP contribution >= 0.6 is 27.7 Å². The largest absolute Gasteiger partial charge is 0.384 e. The summed E-state index contributed by atoms with van der Waals surface area (Å²) in [5, 5.41) is 8.97. The van der Waals surface area contributed by atoms with Gasteiger partial charge in [-0.15, -0.1) is 0 Å². The minimum atomic E-state index is 0.00709. The van der Waals surface area contributed by atoms with Crippen molar-refractivity contribution in [2.24, 2.45) is 5.73 Å². The third-order valence-corrected chi connectivity index (χ3v) is 3.92. The van der Waals surface area contributed by atoms with Gasteiger partial charge < -0.3 is 5.73 Å². The van der Waals surface area contributed by atoms with Crippen LogP contribution in [-0.4, -0.2) is 15.8 Å². The number of halogens is 1. The second-order valence-electron chi connectivity index (χ2n) is 3.16. The maximum atomic E-state index is 7.49. The third-order valence-electron chi connectivity index (χ3n) is 1.98. The molecule has 0 bridgehead atoms. The molecule has 2 rings (SSSR count). The minimum Gasteiger partial charge on any atom is -0.384 e. The van der Waals surface area contributed by atoms with Gasteiger partial charge in [0.05, 0.1) is 4.47 Å². The molecule has 0 aliphatic rings. The maximum Gasteiger partial charge on any atom is 0.125 e. The Morgan fingerprint density at radius 2 is 1.82 bits per heavy atom. The molecule has 0 radical (unpaired) electrons. The molecule has 2 aromatic rings. The van der Waals surface area contributed by atoms with Gasteiger partial charge >= 0.3 is 0 Å². The highest BCUT2D eigenvalue weighted by Crippen LogP contribution is 2.31. The molecule has 17 heavy (non-hydrogen) atoms. The fourth-order valence-electron chi connectivity index (χ4n) is 1.22. The highest BCUT2D eigenvalue weighted by Gasteiger charge is 2.10. The normalized spacial score (nSPS) is 10.2. The number of pyridine rings is 2. The van der Waals surface area contributed by atoms with Gasteiger partial charge in [-0.05, 0) is 52.0 Å². The third kappa shape index (κ3) is 2.83. The van der Waals surface area contributed by atoms with Crippen molar-refractivity contribution >= 4 is 33.5 Å². The lowest BCUT2D eigenvalue weighted by atomic mass is 10.3. The molecule has 0 atom stereocenters. The van der Waals surface area contributed by atoms with Crippen LogP contribution < -0.4 is 5.73 Å². The fourth-order valence-corrected chi connectivity index (χ4v) is 2.58. The van der Waals surface area contributed by atoms with E-state index in [1.54, 1.807) is 24.5 Å². The van der Waals surface area contributed by atoms with Gasteiger partial charge in [0.2, 0.25) is 0 Å². The van der Waals surface area contributed by atoms with Gasteiger partial charge in [0.1, 0.15) is 15.9 Å². The summed E-state index contributed by atoms with van der Waals surface area (Å²) in [4.78, 5) is 8.46. The first-order valence-electron chi connectivity index (χ1n) is 4.76. The molecule has 3 N–H and O–H groups in total. The molecule has 0 aliphatic heterocycles. The quantitative estimate of drug-likeness (QED) is 0.675. The van der Waals surface area contributed by atoms with Gasteiger partial charge in [0.25, 0.3) is 0 Å². The molecule has 0 spiro atoms. The molecular weight excluding hydrogens is 300 g/mol. The summed E-state index contributed by atoms with van der Waals surface area (Å²) >= 11 is 4.80. The Morgan fingerprint density at radius 3 is 2.47 bits per heavy atom. The van der Waals surface area contributed by atoms with Crippen LogP contribution in [0.25, 0.3) is 0 Å². The van der Waals surface area contributed by atoms with Crippen LogP contribution in [0.1, 0.15) is 5.56 Å². The number of hydrogen-bond donors (Lipinski definition) is 2. The Hall–Kier alpha value is -1.40. The number of amidine groups is 1. The number of nitrogen functional groups attached to an aromatic ring is 1. The van der Waals surface area contributed by atoms with Crippen molar-refractivity contribution < 1.29 is 0 Å². The highest BCUT2D eigenvalue weighted by atomic mass is 79.9. The smallest absolute Gasteiger partial charge is 0.125 e. The summed E-state index contributed by atoms with van der Waals surface area (Å²) in [5.74, 6) is 0.00709. The molecule has 0 saturated heterocycles. The summed E-state index contributed by atoms with van der Waals surface area (Å²) in [6.07, 6.45) is 3.38. The first kappa shape index (κ1) is 12.1. The van der Waals surface area contributed by atoms with E-state index in [1.165, 1.54) is 11.8 Å². The second kappa shape index (κ2) is 5.29. The number of rotatable bonds is 3. The summed E-state index contributed by atoms with van der Waals surface area (Å²) < 4.78 is 0.894. The molecule has 2 heterocycles. The van der Waals surface area contributed by atoms with Crippen LogP contribution in [0.5, 0.6) is 0 Å². The lowest BCUT2D eigenvalue weighted by molar-refractivity contribution is 1.07. The van der Waals surface area contributed by atoms with E-state index in [9.17, 15) is 0 Å². The van der Waals surface area contributed by atoms with Crippen LogP contribution in [0.15, 0.2) is 51.2 Å². The molecular formula is C11H9BrN4S. The minimum absolute atomic E-state index is 0.00709. The predicted molar refractivity (Wildman–Crippen MR) is 71.3 cm³/mol. The zero-order valence-electron chi connectivity index (χ0n) is 8.72. The number of hydrogen-bond acceptors (Lipinski definition) is 4. The molecule has 86 valence electrons. The number of nitrogens with one attached hydrogen (secondary N) is 1. The van der Waals surface area contributed by atoms with Crippen molar-refractivity contribution in [2.45, 2.75) is 10.1 Å². The highest BCUT2D eigenvalue weighted by molar-refractivity contribution is 9.10. The number of nitrogens with zero attached hydrogens (tertiary/aromatic N) is 2.